The van der Waals surface area contributed by atoms with E-state index in [1.807, 2.05) is 12.1 Å². The van der Waals surface area contributed by atoms with Crippen molar-refractivity contribution in [1.82, 2.24) is 0 Å². The Morgan fingerprint density at radius 2 is 1.60 bits per heavy atom. The fourth-order valence-electron chi connectivity index (χ4n) is 3.60. The van der Waals surface area contributed by atoms with Gasteiger partial charge in [0.05, 0.1) is 25.2 Å². The van der Waals surface area contributed by atoms with Crippen LogP contribution in [-0.2, 0) is 14.8 Å². The first-order chi connectivity index (χ1) is 14.3. The quantitative estimate of drug-likeness (QED) is 0.686. The number of nitrogens with zero attached hydrogens (tertiary/aromatic N) is 1. The first-order valence-electron chi connectivity index (χ1n) is 9.99. The number of hydrogen-bond donors (Lipinski definition) is 1. The van der Waals surface area contributed by atoms with Crippen LogP contribution in [0.25, 0.3) is 0 Å². The van der Waals surface area contributed by atoms with E-state index < -0.39 is 22.0 Å². The minimum Gasteiger partial charge on any atom is -0.497 e. The lowest BCUT2D eigenvalue weighted by Gasteiger charge is -2.28. The summed E-state index contributed by atoms with van der Waals surface area (Å²) in [5.41, 5.74) is 0.968. The molecule has 0 aromatic heterocycles. The third-order valence-electron chi connectivity index (χ3n) is 5.14. The molecular weight excluding hydrogens is 404 g/mol. The van der Waals surface area contributed by atoms with Crippen molar-refractivity contribution >= 4 is 27.3 Å². The molecule has 3 rings (SSSR count). The number of sulfonamides is 1. The molecule has 2 aromatic carbocycles. The first-order valence-corrected chi connectivity index (χ1v) is 11.8. The van der Waals surface area contributed by atoms with Gasteiger partial charge in [-0.05, 0) is 81.1 Å². The molecule has 1 atom stereocenters. The second kappa shape index (κ2) is 9.38. The molecule has 1 saturated carbocycles. The Labute approximate surface area is 178 Å². The zero-order chi connectivity index (χ0) is 21.7. The molecule has 0 saturated heterocycles. The van der Waals surface area contributed by atoms with E-state index in [1.165, 1.54) is 20.0 Å². The van der Waals surface area contributed by atoms with Gasteiger partial charge in [-0.1, -0.05) is 0 Å². The number of amides is 1. The summed E-state index contributed by atoms with van der Waals surface area (Å²) in [6.07, 6.45) is 5.88. The molecule has 0 spiro atoms. The fraction of sp³-hybridized carbons (Fsp3) is 0.409. The number of nitrogens with one attached hydrogen (secondary N) is 1. The van der Waals surface area contributed by atoms with Crippen molar-refractivity contribution in [3.05, 3.63) is 48.5 Å². The van der Waals surface area contributed by atoms with Crippen LogP contribution in [0.3, 0.4) is 0 Å². The maximum Gasteiger partial charge on any atom is 0.247 e. The van der Waals surface area contributed by atoms with E-state index in [0.717, 1.165) is 29.2 Å². The number of methoxy groups -OCH3 is 1. The van der Waals surface area contributed by atoms with Crippen molar-refractivity contribution in [2.24, 2.45) is 0 Å². The van der Waals surface area contributed by atoms with E-state index in [2.05, 4.69) is 5.32 Å². The molecule has 7 nitrogen and oxygen atoms in total. The summed E-state index contributed by atoms with van der Waals surface area (Å²) in [6, 6.07) is 12.7. The average molecular weight is 433 g/mol. The highest BCUT2D eigenvalue weighted by atomic mass is 32.2. The molecule has 1 aliphatic rings. The summed E-state index contributed by atoms with van der Waals surface area (Å²) in [4.78, 5) is 12.8. The molecule has 0 unspecified atom stereocenters. The molecule has 0 aliphatic heterocycles. The lowest BCUT2D eigenvalue weighted by atomic mass is 10.2. The third kappa shape index (κ3) is 5.44. The molecule has 162 valence electrons. The van der Waals surface area contributed by atoms with E-state index in [1.54, 1.807) is 43.3 Å². The van der Waals surface area contributed by atoms with Crippen LogP contribution in [0.1, 0.15) is 32.6 Å². The zero-order valence-corrected chi connectivity index (χ0v) is 18.3. The lowest BCUT2D eigenvalue weighted by Crippen LogP contribution is -2.45. The molecule has 30 heavy (non-hydrogen) atoms. The molecule has 1 N–H and O–H groups in total. The molecule has 2 aromatic rings. The van der Waals surface area contributed by atoms with Gasteiger partial charge in [0.15, 0.2) is 0 Å². The molecule has 8 heteroatoms. The van der Waals surface area contributed by atoms with Crippen molar-refractivity contribution < 1.29 is 22.7 Å². The topological polar surface area (TPSA) is 84.9 Å². The summed E-state index contributed by atoms with van der Waals surface area (Å²) in [6.45, 7) is 1.55. The van der Waals surface area contributed by atoms with Crippen molar-refractivity contribution in [3.63, 3.8) is 0 Å². The molecular formula is C22H28N2O5S. The predicted molar refractivity (Wildman–Crippen MR) is 118 cm³/mol. The Morgan fingerprint density at radius 1 is 1.03 bits per heavy atom. The summed E-state index contributed by atoms with van der Waals surface area (Å²) in [5, 5.41) is 2.78. The van der Waals surface area contributed by atoms with Gasteiger partial charge in [-0.2, -0.15) is 0 Å². The van der Waals surface area contributed by atoms with E-state index in [9.17, 15) is 13.2 Å². The standard InChI is InChI=1S/C22H28N2O5S/c1-16(24(30(3,26)27)18-10-14-19(28-2)15-11-18)22(25)23-17-8-12-21(13-9-17)29-20-6-4-5-7-20/h8-16,20H,4-7H2,1-3H3,(H,23,25)/t16-/m0/s1. The fourth-order valence-corrected chi connectivity index (χ4v) is 4.77. The molecule has 0 bridgehead atoms. The molecule has 1 aliphatic carbocycles. The van der Waals surface area contributed by atoms with E-state index in [4.69, 9.17) is 9.47 Å². The van der Waals surface area contributed by atoms with Gasteiger partial charge in [0, 0.05) is 5.69 Å². The Balaban J connectivity index is 1.70. The average Bonchev–Trinajstić information content (AvgIpc) is 3.22. The van der Waals surface area contributed by atoms with Crippen molar-refractivity contribution in [2.75, 3.05) is 23.0 Å². The molecule has 0 heterocycles. The normalized spacial score (nSPS) is 15.4. The van der Waals surface area contributed by atoms with Gasteiger partial charge in [0.25, 0.3) is 0 Å². The Kier molecular flexibility index (Phi) is 6.87. The van der Waals surface area contributed by atoms with Crippen LogP contribution < -0.4 is 19.1 Å². The maximum absolute atomic E-state index is 12.8. The second-order valence-corrected chi connectivity index (χ2v) is 9.33. The minimum absolute atomic E-state index is 0.262. The minimum atomic E-state index is -3.68. The van der Waals surface area contributed by atoms with Gasteiger partial charge in [0.1, 0.15) is 17.5 Å². The van der Waals surface area contributed by atoms with E-state index in [0.29, 0.717) is 17.1 Å². The van der Waals surface area contributed by atoms with Gasteiger partial charge in [-0.15, -0.1) is 0 Å². The SMILES string of the molecule is COc1ccc(N([C@@H](C)C(=O)Nc2ccc(OC3CCCC3)cc2)S(C)(=O)=O)cc1. The summed E-state index contributed by atoms with van der Waals surface area (Å²) >= 11 is 0. The second-order valence-electron chi connectivity index (χ2n) is 7.47. The number of rotatable bonds is 8. The van der Waals surface area contributed by atoms with Gasteiger partial charge >= 0.3 is 0 Å². The molecule has 0 radical (unpaired) electrons. The number of ether oxygens (including phenoxy) is 2. The number of anilines is 2. The van der Waals surface area contributed by atoms with Crippen LogP contribution >= 0.6 is 0 Å². The predicted octanol–water partition coefficient (Wildman–Crippen LogP) is 3.81. The highest BCUT2D eigenvalue weighted by Crippen LogP contribution is 2.26. The Morgan fingerprint density at radius 3 is 2.13 bits per heavy atom. The summed E-state index contributed by atoms with van der Waals surface area (Å²) in [5.74, 6) is 0.939. The number of hydrogen-bond acceptors (Lipinski definition) is 5. The number of carbonyl (C=O) groups excluding carboxylic acids is 1. The van der Waals surface area contributed by atoms with Crippen LogP contribution in [0, 0.1) is 0 Å². The first kappa shape index (κ1) is 22.0. The van der Waals surface area contributed by atoms with Crippen LogP contribution in [-0.4, -0.2) is 39.8 Å². The third-order valence-corrected chi connectivity index (χ3v) is 6.38. The number of benzene rings is 2. The van der Waals surface area contributed by atoms with Crippen molar-refractivity contribution in [2.45, 2.75) is 44.8 Å². The highest BCUT2D eigenvalue weighted by Gasteiger charge is 2.29. The van der Waals surface area contributed by atoms with E-state index in [-0.39, 0.29) is 6.10 Å². The van der Waals surface area contributed by atoms with Crippen molar-refractivity contribution in [3.8, 4) is 11.5 Å². The maximum atomic E-state index is 12.8. The Hall–Kier alpha value is -2.74. The smallest absolute Gasteiger partial charge is 0.247 e. The van der Waals surface area contributed by atoms with Crippen LogP contribution in [0.4, 0.5) is 11.4 Å². The van der Waals surface area contributed by atoms with Crippen LogP contribution in [0.2, 0.25) is 0 Å². The van der Waals surface area contributed by atoms with Crippen LogP contribution in [0.15, 0.2) is 48.5 Å². The van der Waals surface area contributed by atoms with Crippen LogP contribution in [0.5, 0.6) is 11.5 Å². The van der Waals surface area contributed by atoms with Crippen molar-refractivity contribution in [1.29, 1.82) is 0 Å². The molecule has 1 amide bonds. The lowest BCUT2D eigenvalue weighted by molar-refractivity contribution is -0.116. The number of carbonyl (C=O) groups is 1. The largest absolute Gasteiger partial charge is 0.497 e. The van der Waals surface area contributed by atoms with Gasteiger partial charge < -0.3 is 14.8 Å². The molecule has 1 fully saturated rings. The summed E-state index contributed by atoms with van der Waals surface area (Å²) < 4.78 is 36.9. The Bertz CT molecular complexity index is 952. The van der Waals surface area contributed by atoms with Gasteiger partial charge in [0.2, 0.25) is 15.9 Å². The highest BCUT2D eigenvalue weighted by molar-refractivity contribution is 7.92. The zero-order valence-electron chi connectivity index (χ0n) is 17.5. The van der Waals surface area contributed by atoms with Gasteiger partial charge in [-0.3, -0.25) is 9.10 Å². The monoisotopic (exact) mass is 432 g/mol. The summed E-state index contributed by atoms with van der Waals surface area (Å²) in [7, 11) is -2.15. The van der Waals surface area contributed by atoms with E-state index >= 15 is 0 Å². The van der Waals surface area contributed by atoms with Gasteiger partial charge in [-0.25, -0.2) is 8.42 Å².